The van der Waals surface area contributed by atoms with Gasteiger partial charge >= 0.3 is 5.97 Å². The second-order valence-electron chi connectivity index (χ2n) is 8.42. The SMILES string of the molecule is CCCCCCCCCCOC(=O)/C=C/C(=O)N(CCCCCC)CCCCCC. The zero-order valence-electron chi connectivity index (χ0n) is 20.3. The summed E-state index contributed by atoms with van der Waals surface area (Å²) in [5.74, 6) is -0.463. The maximum absolute atomic E-state index is 12.5. The second kappa shape index (κ2) is 22.4. The Morgan fingerprint density at radius 3 is 1.53 bits per heavy atom. The molecule has 0 aromatic carbocycles. The van der Waals surface area contributed by atoms with Gasteiger partial charge in [-0.25, -0.2) is 4.79 Å². The molecule has 176 valence electrons. The van der Waals surface area contributed by atoms with Gasteiger partial charge in [-0.05, 0) is 19.3 Å². The van der Waals surface area contributed by atoms with Crippen LogP contribution in [0.15, 0.2) is 12.2 Å². The Morgan fingerprint density at radius 1 is 0.600 bits per heavy atom. The van der Waals surface area contributed by atoms with E-state index in [1.54, 1.807) is 0 Å². The summed E-state index contributed by atoms with van der Waals surface area (Å²) in [6, 6.07) is 0. The molecule has 30 heavy (non-hydrogen) atoms. The highest BCUT2D eigenvalue weighted by molar-refractivity contribution is 5.94. The molecule has 0 aromatic heterocycles. The van der Waals surface area contributed by atoms with Crippen LogP contribution in [0.2, 0.25) is 0 Å². The number of ether oxygens (including phenoxy) is 1. The Bertz CT molecular complexity index is 422. The molecule has 1 amide bonds. The molecule has 0 unspecified atom stereocenters. The van der Waals surface area contributed by atoms with Crippen LogP contribution in [-0.4, -0.2) is 36.5 Å². The van der Waals surface area contributed by atoms with E-state index in [0.717, 1.165) is 51.6 Å². The Balaban J connectivity index is 4.09. The van der Waals surface area contributed by atoms with Crippen LogP contribution in [0.3, 0.4) is 0 Å². The van der Waals surface area contributed by atoms with Gasteiger partial charge in [-0.15, -0.1) is 0 Å². The van der Waals surface area contributed by atoms with E-state index in [9.17, 15) is 9.59 Å². The molecule has 0 aliphatic heterocycles. The molecular weight excluding hydrogens is 374 g/mol. The molecule has 0 aromatic rings. The normalized spacial score (nSPS) is 11.2. The van der Waals surface area contributed by atoms with Gasteiger partial charge in [-0.2, -0.15) is 0 Å². The van der Waals surface area contributed by atoms with E-state index in [4.69, 9.17) is 4.74 Å². The fourth-order valence-corrected chi connectivity index (χ4v) is 3.49. The van der Waals surface area contributed by atoms with Crippen LogP contribution < -0.4 is 0 Å². The first-order chi connectivity index (χ1) is 14.7. The van der Waals surface area contributed by atoms with E-state index < -0.39 is 5.97 Å². The van der Waals surface area contributed by atoms with Crippen molar-refractivity contribution in [2.75, 3.05) is 19.7 Å². The molecule has 4 heteroatoms. The van der Waals surface area contributed by atoms with Crippen molar-refractivity contribution in [3.63, 3.8) is 0 Å². The highest BCUT2D eigenvalue weighted by Gasteiger charge is 2.10. The molecule has 0 bridgehead atoms. The van der Waals surface area contributed by atoms with Crippen molar-refractivity contribution in [1.29, 1.82) is 0 Å². The van der Waals surface area contributed by atoms with Gasteiger partial charge in [0.25, 0.3) is 0 Å². The van der Waals surface area contributed by atoms with Gasteiger partial charge < -0.3 is 9.64 Å². The van der Waals surface area contributed by atoms with E-state index in [1.165, 1.54) is 76.4 Å². The molecule has 0 rings (SSSR count). The van der Waals surface area contributed by atoms with Crippen molar-refractivity contribution in [3.8, 4) is 0 Å². The zero-order valence-corrected chi connectivity index (χ0v) is 20.3. The van der Waals surface area contributed by atoms with Crippen LogP contribution in [0.4, 0.5) is 0 Å². The van der Waals surface area contributed by atoms with E-state index >= 15 is 0 Å². The topological polar surface area (TPSA) is 46.6 Å². The van der Waals surface area contributed by atoms with Gasteiger partial charge in [0.2, 0.25) is 5.91 Å². The molecule has 0 aliphatic rings. The first-order valence-corrected chi connectivity index (χ1v) is 12.8. The number of esters is 1. The Kier molecular flexibility index (Phi) is 21.4. The molecule has 0 aliphatic carbocycles. The largest absolute Gasteiger partial charge is 0.463 e. The lowest BCUT2D eigenvalue weighted by Crippen LogP contribution is -2.31. The molecular formula is C26H49NO3. The van der Waals surface area contributed by atoms with Crippen LogP contribution in [0.25, 0.3) is 0 Å². The standard InChI is InChI=1S/C26H49NO3/c1-4-7-10-13-14-15-16-19-24-30-26(29)21-20-25(28)27(22-17-11-8-5-2)23-18-12-9-6-3/h20-21H,4-19,22-24H2,1-3H3/b21-20+. The zero-order chi connectivity index (χ0) is 22.3. The minimum Gasteiger partial charge on any atom is -0.463 e. The number of nitrogens with zero attached hydrogens (tertiary/aromatic N) is 1. The summed E-state index contributed by atoms with van der Waals surface area (Å²) in [6.45, 7) is 8.62. The quantitative estimate of drug-likeness (QED) is 0.111. The summed E-state index contributed by atoms with van der Waals surface area (Å²) in [4.78, 5) is 26.3. The van der Waals surface area contributed by atoms with Crippen molar-refractivity contribution in [3.05, 3.63) is 12.2 Å². The summed E-state index contributed by atoms with van der Waals surface area (Å²) in [5.41, 5.74) is 0. The van der Waals surface area contributed by atoms with Gasteiger partial charge in [0.15, 0.2) is 0 Å². The third kappa shape index (κ3) is 18.7. The first kappa shape index (κ1) is 28.7. The molecule has 0 saturated heterocycles. The Morgan fingerprint density at radius 2 is 1.03 bits per heavy atom. The average molecular weight is 424 g/mol. The number of hydrogen-bond acceptors (Lipinski definition) is 3. The molecule has 0 N–H and O–H groups in total. The average Bonchev–Trinajstić information content (AvgIpc) is 2.75. The minimum atomic E-state index is -0.400. The first-order valence-electron chi connectivity index (χ1n) is 12.8. The minimum absolute atomic E-state index is 0.0629. The molecule has 4 nitrogen and oxygen atoms in total. The van der Waals surface area contributed by atoms with Crippen LogP contribution in [0.5, 0.6) is 0 Å². The maximum atomic E-state index is 12.5. The van der Waals surface area contributed by atoms with E-state index in [0.29, 0.717) is 6.61 Å². The van der Waals surface area contributed by atoms with Gasteiger partial charge in [0.05, 0.1) is 6.61 Å². The lowest BCUT2D eigenvalue weighted by Gasteiger charge is -2.21. The molecule has 0 radical (unpaired) electrons. The highest BCUT2D eigenvalue weighted by atomic mass is 16.5. The Hall–Kier alpha value is -1.32. The molecule has 0 fully saturated rings. The summed E-state index contributed by atoms with van der Waals surface area (Å²) in [6.07, 6.45) is 21.6. The summed E-state index contributed by atoms with van der Waals surface area (Å²) in [7, 11) is 0. The highest BCUT2D eigenvalue weighted by Crippen LogP contribution is 2.09. The Labute approximate surface area is 186 Å². The van der Waals surface area contributed by atoms with Gasteiger partial charge in [0, 0.05) is 25.2 Å². The lowest BCUT2D eigenvalue weighted by molar-refractivity contribution is -0.138. The lowest BCUT2D eigenvalue weighted by atomic mass is 10.1. The van der Waals surface area contributed by atoms with Crippen LogP contribution >= 0.6 is 0 Å². The van der Waals surface area contributed by atoms with Crippen molar-refractivity contribution >= 4 is 11.9 Å². The summed E-state index contributed by atoms with van der Waals surface area (Å²) < 4.78 is 5.25. The maximum Gasteiger partial charge on any atom is 0.330 e. The predicted molar refractivity (Wildman–Crippen MR) is 128 cm³/mol. The van der Waals surface area contributed by atoms with E-state index in [1.807, 2.05) is 4.90 Å². The van der Waals surface area contributed by atoms with Crippen LogP contribution in [-0.2, 0) is 14.3 Å². The number of carbonyl (C=O) groups excluding carboxylic acids is 2. The summed E-state index contributed by atoms with van der Waals surface area (Å²) in [5, 5.41) is 0. The van der Waals surface area contributed by atoms with Crippen molar-refractivity contribution in [2.45, 2.75) is 124 Å². The number of amides is 1. The molecule has 0 saturated carbocycles. The summed E-state index contributed by atoms with van der Waals surface area (Å²) >= 11 is 0. The van der Waals surface area contributed by atoms with Gasteiger partial charge in [-0.3, -0.25) is 4.79 Å². The fourth-order valence-electron chi connectivity index (χ4n) is 3.49. The smallest absolute Gasteiger partial charge is 0.330 e. The van der Waals surface area contributed by atoms with Crippen LogP contribution in [0.1, 0.15) is 124 Å². The molecule has 0 spiro atoms. The van der Waals surface area contributed by atoms with Crippen molar-refractivity contribution in [1.82, 2.24) is 4.90 Å². The monoisotopic (exact) mass is 423 g/mol. The number of unbranched alkanes of at least 4 members (excludes halogenated alkanes) is 13. The fraction of sp³-hybridized carbons (Fsp3) is 0.846. The van der Waals surface area contributed by atoms with E-state index in [-0.39, 0.29) is 5.91 Å². The van der Waals surface area contributed by atoms with Gasteiger partial charge in [0.1, 0.15) is 0 Å². The predicted octanol–water partition coefficient (Wildman–Crippen LogP) is 7.22. The molecule has 0 atom stereocenters. The van der Waals surface area contributed by atoms with Gasteiger partial charge in [-0.1, -0.05) is 104 Å². The number of hydrogen-bond donors (Lipinski definition) is 0. The number of rotatable bonds is 21. The van der Waals surface area contributed by atoms with E-state index in [2.05, 4.69) is 20.8 Å². The second-order valence-corrected chi connectivity index (χ2v) is 8.42. The van der Waals surface area contributed by atoms with Crippen LogP contribution in [0, 0.1) is 0 Å². The number of carbonyl (C=O) groups is 2. The third-order valence-electron chi connectivity index (χ3n) is 5.48. The van der Waals surface area contributed by atoms with Crippen molar-refractivity contribution < 1.29 is 14.3 Å². The molecule has 0 heterocycles. The van der Waals surface area contributed by atoms with Crippen molar-refractivity contribution in [2.24, 2.45) is 0 Å². The third-order valence-corrected chi connectivity index (χ3v) is 5.48.